The first-order valence-electron chi connectivity index (χ1n) is 28.0. The first kappa shape index (κ1) is 48.0. The molecular formula is C73H59BN2O4. The maximum atomic E-state index is 7.54. The lowest BCUT2D eigenvalue weighted by Crippen LogP contribution is -2.61. The summed E-state index contributed by atoms with van der Waals surface area (Å²) in [6.07, 6.45) is 3.79. The number of furan rings is 4. The molecule has 9 aromatic carbocycles. The number of benzene rings is 9. The first-order chi connectivity index (χ1) is 38.8. The molecule has 7 heteroatoms. The standard InChI is InChI=1S/C73H59BN2O4/c1-43(2)48-37-61-69-62(38-48)76(60-32-28-47(36-54(60)45-21-13-10-14-22-45)58-42-78-64-26-18-16-24-52(58)64)71-68(56-40-50(73(6,7)8)30-34-66(56)80-71)74(69)67-55-39-49(72(3,4)5)29-33-65(55)79-70(67)75(61)59-31-27-46(35-53(59)44-19-11-9-12-20-44)57-41-77-63-25-17-15-23-51(57)63/h9-43H,1-8H3. The van der Waals surface area contributed by atoms with E-state index in [1.807, 2.05) is 36.8 Å². The average molecular weight is 1040 g/mol. The molecule has 388 valence electrons. The van der Waals surface area contributed by atoms with E-state index < -0.39 is 0 Å². The van der Waals surface area contributed by atoms with E-state index >= 15 is 0 Å². The lowest BCUT2D eigenvalue weighted by Gasteiger charge is -2.42. The molecule has 6 heterocycles. The Hall–Kier alpha value is -9.20. The van der Waals surface area contributed by atoms with Gasteiger partial charge in [-0.05, 0) is 134 Å². The highest BCUT2D eigenvalue weighted by molar-refractivity contribution is 7.02. The van der Waals surface area contributed by atoms with E-state index in [9.17, 15) is 0 Å². The number of para-hydroxylation sites is 2. The molecule has 4 aromatic heterocycles. The fourth-order valence-electron chi connectivity index (χ4n) is 12.7. The average Bonchev–Trinajstić information content (AvgIpc) is 4.45. The molecule has 0 unspecified atom stereocenters. The molecule has 0 radical (unpaired) electrons. The Morgan fingerprint density at radius 2 is 0.787 bits per heavy atom. The molecule has 0 spiro atoms. The van der Waals surface area contributed by atoms with Crippen molar-refractivity contribution < 1.29 is 17.7 Å². The third-order valence-electron chi connectivity index (χ3n) is 17.0. The molecule has 2 aliphatic rings. The summed E-state index contributed by atoms with van der Waals surface area (Å²) in [5, 5.41) is 4.34. The van der Waals surface area contributed by atoms with Gasteiger partial charge in [0.25, 0.3) is 6.71 Å². The van der Waals surface area contributed by atoms with E-state index in [0.29, 0.717) is 0 Å². The largest absolute Gasteiger partial charge is 0.464 e. The molecule has 2 aliphatic heterocycles. The van der Waals surface area contributed by atoms with Crippen molar-refractivity contribution in [1.82, 2.24) is 0 Å². The van der Waals surface area contributed by atoms with Crippen LogP contribution in [0.15, 0.2) is 224 Å². The molecule has 0 atom stereocenters. The van der Waals surface area contributed by atoms with Crippen LogP contribution in [0, 0.1) is 0 Å². The highest BCUT2D eigenvalue weighted by atomic mass is 16.4. The van der Waals surface area contributed by atoms with E-state index in [-0.39, 0.29) is 23.5 Å². The summed E-state index contributed by atoms with van der Waals surface area (Å²) in [6.45, 7) is 18.1. The topological polar surface area (TPSA) is 59.0 Å². The fraction of sp³-hybridized carbons (Fsp3) is 0.151. The van der Waals surface area contributed by atoms with Gasteiger partial charge in [0.15, 0.2) is 0 Å². The van der Waals surface area contributed by atoms with E-state index in [1.54, 1.807) is 0 Å². The normalized spacial score (nSPS) is 13.3. The minimum absolute atomic E-state index is 0.128. The van der Waals surface area contributed by atoms with Crippen molar-refractivity contribution in [3.8, 4) is 44.5 Å². The first-order valence-corrected chi connectivity index (χ1v) is 28.0. The number of hydrogen-bond acceptors (Lipinski definition) is 6. The van der Waals surface area contributed by atoms with E-state index in [2.05, 4.69) is 235 Å². The van der Waals surface area contributed by atoms with Gasteiger partial charge in [-0.2, -0.15) is 0 Å². The van der Waals surface area contributed by atoms with Crippen LogP contribution in [-0.2, 0) is 10.8 Å². The van der Waals surface area contributed by atoms with Crippen molar-refractivity contribution in [2.75, 3.05) is 9.80 Å². The lowest BCUT2D eigenvalue weighted by molar-refractivity contribution is 0.589. The predicted molar refractivity (Wildman–Crippen MR) is 333 cm³/mol. The third kappa shape index (κ3) is 7.40. The summed E-state index contributed by atoms with van der Waals surface area (Å²) in [7, 11) is 0. The van der Waals surface area contributed by atoms with Crippen molar-refractivity contribution >= 4 is 101 Å². The summed E-state index contributed by atoms with van der Waals surface area (Å²) in [4.78, 5) is 4.90. The summed E-state index contributed by atoms with van der Waals surface area (Å²) < 4.78 is 27.5. The van der Waals surface area contributed by atoms with Gasteiger partial charge < -0.3 is 17.7 Å². The molecular weight excluding hydrogens is 980 g/mol. The Balaban J connectivity index is 1.08. The smallest absolute Gasteiger partial charge is 0.262 e. The number of rotatable bonds is 7. The van der Waals surface area contributed by atoms with E-state index in [0.717, 1.165) is 134 Å². The second kappa shape index (κ2) is 17.7. The van der Waals surface area contributed by atoms with Crippen LogP contribution in [0.25, 0.3) is 88.4 Å². The fourth-order valence-corrected chi connectivity index (χ4v) is 12.7. The third-order valence-corrected chi connectivity index (χ3v) is 17.0. The van der Waals surface area contributed by atoms with Gasteiger partial charge in [-0.15, -0.1) is 0 Å². The number of nitrogens with zero attached hydrogens (tertiary/aromatic N) is 2. The second-order valence-electron chi connectivity index (χ2n) is 24.3. The lowest BCUT2D eigenvalue weighted by atomic mass is 9.33. The Morgan fingerprint density at radius 3 is 1.21 bits per heavy atom. The minimum atomic E-state index is -0.292. The van der Waals surface area contributed by atoms with Crippen LogP contribution >= 0.6 is 0 Å². The van der Waals surface area contributed by atoms with Crippen LogP contribution in [0.4, 0.5) is 34.5 Å². The molecule has 0 saturated heterocycles. The Kier molecular flexibility index (Phi) is 10.6. The maximum Gasteiger partial charge on any atom is 0.262 e. The van der Waals surface area contributed by atoms with Crippen molar-refractivity contribution in [2.24, 2.45) is 0 Å². The molecule has 15 rings (SSSR count). The molecule has 13 aromatic rings. The zero-order valence-electron chi connectivity index (χ0n) is 46.3. The Bertz CT molecular complexity index is 4330. The summed E-state index contributed by atoms with van der Waals surface area (Å²) in [5.41, 5.74) is 23.0. The number of hydrogen-bond donors (Lipinski definition) is 0. The van der Waals surface area contributed by atoms with Crippen LogP contribution < -0.4 is 26.2 Å². The quantitative estimate of drug-likeness (QED) is 0.148. The maximum absolute atomic E-state index is 7.54. The van der Waals surface area contributed by atoms with Crippen molar-refractivity contribution in [2.45, 2.75) is 72.1 Å². The molecule has 6 nitrogen and oxygen atoms in total. The summed E-state index contributed by atoms with van der Waals surface area (Å²) in [6, 6.07) is 70.5. The van der Waals surface area contributed by atoms with E-state index in [1.165, 1.54) is 22.2 Å². The van der Waals surface area contributed by atoms with E-state index in [4.69, 9.17) is 17.7 Å². The van der Waals surface area contributed by atoms with Crippen LogP contribution in [0.1, 0.15) is 78.0 Å². The number of anilines is 6. The van der Waals surface area contributed by atoms with Crippen LogP contribution in [0.3, 0.4) is 0 Å². The predicted octanol–water partition coefficient (Wildman–Crippen LogP) is 19.1. The van der Waals surface area contributed by atoms with Gasteiger partial charge in [0.05, 0.1) is 23.9 Å². The summed E-state index contributed by atoms with van der Waals surface area (Å²) >= 11 is 0. The summed E-state index contributed by atoms with van der Waals surface area (Å²) in [5.74, 6) is 1.76. The van der Waals surface area contributed by atoms with Gasteiger partial charge >= 0.3 is 0 Å². The zero-order chi connectivity index (χ0) is 54.3. The van der Waals surface area contributed by atoms with Gasteiger partial charge in [0, 0.05) is 66.1 Å². The van der Waals surface area contributed by atoms with Crippen LogP contribution in [-0.4, -0.2) is 6.71 Å². The molecule has 0 amide bonds. The van der Waals surface area contributed by atoms with Gasteiger partial charge in [-0.1, -0.05) is 177 Å². The molecule has 0 bridgehead atoms. The number of fused-ring (bicyclic) bond motifs is 10. The molecule has 80 heavy (non-hydrogen) atoms. The van der Waals surface area contributed by atoms with Crippen molar-refractivity contribution in [1.29, 1.82) is 0 Å². The van der Waals surface area contributed by atoms with Crippen LogP contribution in [0.2, 0.25) is 0 Å². The van der Waals surface area contributed by atoms with Gasteiger partial charge in [0.2, 0.25) is 11.8 Å². The molecule has 0 aliphatic carbocycles. The van der Waals surface area contributed by atoms with Gasteiger partial charge in [-0.3, -0.25) is 9.80 Å². The SMILES string of the molecule is CC(C)c1cc2c3c(c1)N(c1ccc(-c4coc5ccccc45)cc1-c1ccccc1)c1oc4ccc(C(C)(C)C)cc4c1B3c1c(oc3ccc(C(C)(C)C)cc13)N2c1ccc(-c2coc3ccccc23)cc1-c1ccccc1. The zero-order valence-corrected chi connectivity index (χ0v) is 46.3. The van der Waals surface area contributed by atoms with Crippen LogP contribution in [0.5, 0.6) is 0 Å². The Morgan fingerprint density at radius 1 is 0.362 bits per heavy atom. The Labute approximate surface area is 466 Å². The second-order valence-corrected chi connectivity index (χ2v) is 24.3. The highest BCUT2D eigenvalue weighted by Crippen LogP contribution is 2.53. The monoisotopic (exact) mass is 1040 g/mol. The van der Waals surface area contributed by atoms with Gasteiger partial charge in [-0.25, -0.2) is 0 Å². The van der Waals surface area contributed by atoms with Crippen molar-refractivity contribution in [3.05, 3.63) is 223 Å². The molecule has 0 fully saturated rings. The highest BCUT2D eigenvalue weighted by Gasteiger charge is 2.50. The van der Waals surface area contributed by atoms with Crippen molar-refractivity contribution in [3.63, 3.8) is 0 Å². The molecule has 0 N–H and O–H groups in total. The van der Waals surface area contributed by atoms with Gasteiger partial charge in [0.1, 0.15) is 22.3 Å². The molecule has 0 saturated carbocycles. The minimum Gasteiger partial charge on any atom is -0.464 e.